The molecule has 1 N–H and O–H groups in total. The van der Waals surface area contributed by atoms with Crippen LogP contribution in [-0.4, -0.2) is 66.2 Å². The number of nitrogens with one attached hydrogen (secondary N) is 1. The molecule has 3 aromatic rings. The summed E-state index contributed by atoms with van der Waals surface area (Å²) in [6.07, 6.45) is 7.16. The summed E-state index contributed by atoms with van der Waals surface area (Å²) in [7, 11) is 3.20. The fourth-order valence-corrected chi connectivity index (χ4v) is 5.66. The van der Waals surface area contributed by atoms with Gasteiger partial charge in [0.15, 0.2) is 11.5 Å². The fraction of sp³-hybridized carbons (Fsp3) is 0.516. The number of aromatic nitrogens is 2. The predicted octanol–water partition coefficient (Wildman–Crippen LogP) is 4.66. The summed E-state index contributed by atoms with van der Waals surface area (Å²) in [6, 6.07) is 14.2. The average molecular weight is 548 g/mol. The summed E-state index contributed by atoms with van der Waals surface area (Å²) < 4.78 is 16.2. The van der Waals surface area contributed by atoms with Gasteiger partial charge in [-0.05, 0) is 74.6 Å². The van der Waals surface area contributed by atoms with Gasteiger partial charge in [0, 0.05) is 25.2 Å². The zero-order valence-electron chi connectivity index (χ0n) is 23.7. The maximum Gasteiger partial charge on any atom is 0.241 e. The lowest BCUT2D eigenvalue weighted by molar-refractivity contribution is -0.127. The maximum atomic E-state index is 13.0. The van der Waals surface area contributed by atoms with E-state index in [9.17, 15) is 4.79 Å². The standard InChI is InChI=1S/C31H41N5O4/c1-38-27-14-13-25(18-28(27)39-2)30-33-29(40-34-30)22-36-17-7-8-26(21-36)31(37)32-19-23-9-11-24(12-10-23)20-35-15-5-3-4-6-16-35/h9-14,18,26H,3-8,15-17,19-22H2,1-2H3,(H,32,37). The summed E-state index contributed by atoms with van der Waals surface area (Å²) in [5, 5.41) is 7.31. The van der Waals surface area contributed by atoms with E-state index < -0.39 is 0 Å². The molecular formula is C31H41N5O4. The van der Waals surface area contributed by atoms with Gasteiger partial charge in [-0.3, -0.25) is 14.6 Å². The number of piperidine rings is 1. The number of carbonyl (C=O) groups excluding carboxylic acids is 1. The highest BCUT2D eigenvalue weighted by Gasteiger charge is 2.27. The topological polar surface area (TPSA) is 93.0 Å². The smallest absolute Gasteiger partial charge is 0.241 e. The van der Waals surface area contributed by atoms with Gasteiger partial charge >= 0.3 is 0 Å². The number of hydrogen-bond acceptors (Lipinski definition) is 8. The number of benzene rings is 2. The fourth-order valence-electron chi connectivity index (χ4n) is 5.66. The third-order valence-electron chi connectivity index (χ3n) is 7.94. The minimum absolute atomic E-state index is 0.0516. The quantitative estimate of drug-likeness (QED) is 0.392. The number of ether oxygens (including phenoxy) is 2. The van der Waals surface area contributed by atoms with Crippen molar-refractivity contribution in [2.45, 2.75) is 58.2 Å². The first-order chi connectivity index (χ1) is 19.6. The van der Waals surface area contributed by atoms with Crippen molar-refractivity contribution in [1.82, 2.24) is 25.3 Å². The monoisotopic (exact) mass is 547 g/mol. The molecule has 9 nitrogen and oxygen atoms in total. The van der Waals surface area contributed by atoms with E-state index >= 15 is 0 Å². The van der Waals surface area contributed by atoms with Crippen molar-refractivity contribution >= 4 is 5.91 Å². The summed E-state index contributed by atoms with van der Waals surface area (Å²) in [5.74, 6) is 2.35. The minimum atomic E-state index is -0.0516. The van der Waals surface area contributed by atoms with E-state index in [1.54, 1.807) is 14.2 Å². The third kappa shape index (κ3) is 7.40. The Bertz CT molecular complexity index is 1240. The molecule has 40 heavy (non-hydrogen) atoms. The number of nitrogens with zero attached hydrogens (tertiary/aromatic N) is 4. The maximum absolute atomic E-state index is 13.0. The largest absolute Gasteiger partial charge is 0.493 e. The molecule has 2 fully saturated rings. The number of amides is 1. The van der Waals surface area contributed by atoms with E-state index in [0.717, 1.165) is 37.1 Å². The van der Waals surface area contributed by atoms with E-state index in [4.69, 9.17) is 14.0 Å². The van der Waals surface area contributed by atoms with Crippen LogP contribution in [0.1, 0.15) is 55.5 Å². The molecule has 0 radical (unpaired) electrons. The van der Waals surface area contributed by atoms with Crippen molar-refractivity contribution in [3.05, 3.63) is 59.5 Å². The molecule has 214 valence electrons. The summed E-state index contributed by atoms with van der Waals surface area (Å²) in [6.45, 7) is 6.05. The molecule has 0 aliphatic carbocycles. The second-order valence-corrected chi connectivity index (χ2v) is 10.9. The highest BCUT2D eigenvalue weighted by molar-refractivity contribution is 5.79. The SMILES string of the molecule is COc1ccc(-c2noc(CN3CCCC(C(=O)NCc4ccc(CN5CCCCCC5)cc4)C3)n2)cc1OC. The molecule has 1 atom stereocenters. The molecule has 5 rings (SSSR count). The first-order valence-electron chi connectivity index (χ1n) is 14.5. The molecule has 2 aliphatic rings. The minimum Gasteiger partial charge on any atom is -0.493 e. The zero-order chi connectivity index (χ0) is 27.7. The number of rotatable bonds is 10. The molecule has 3 heterocycles. The Labute approximate surface area is 236 Å². The number of likely N-dealkylation sites (tertiary alicyclic amines) is 2. The first kappa shape index (κ1) is 28.1. The van der Waals surface area contributed by atoms with Gasteiger partial charge in [0.25, 0.3) is 0 Å². The van der Waals surface area contributed by atoms with E-state index in [0.29, 0.717) is 42.8 Å². The van der Waals surface area contributed by atoms with E-state index in [2.05, 4.69) is 49.5 Å². The highest BCUT2D eigenvalue weighted by atomic mass is 16.5. The molecular weight excluding hydrogens is 506 g/mol. The van der Waals surface area contributed by atoms with Crippen LogP contribution >= 0.6 is 0 Å². The summed E-state index contributed by atoms with van der Waals surface area (Å²) >= 11 is 0. The summed E-state index contributed by atoms with van der Waals surface area (Å²) in [5.41, 5.74) is 3.27. The van der Waals surface area contributed by atoms with Crippen LogP contribution in [0, 0.1) is 5.92 Å². The Morgan fingerprint density at radius 3 is 2.38 bits per heavy atom. The van der Waals surface area contributed by atoms with Gasteiger partial charge in [0.2, 0.25) is 17.6 Å². The van der Waals surface area contributed by atoms with E-state index in [1.807, 2.05) is 18.2 Å². The van der Waals surface area contributed by atoms with Gasteiger partial charge in [0.1, 0.15) is 0 Å². The van der Waals surface area contributed by atoms with Gasteiger partial charge < -0.3 is 19.3 Å². The van der Waals surface area contributed by atoms with Crippen LogP contribution in [0.2, 0.25) is 0 Å². The molecule has 2 aliphatic heterocycles. The molecule has 0 bridgehead atoms. The molecule has 0 saturated carbocycles. The van der Waals surface area contributed by atoms with Crippen LogP contribution in [0.15, 0.2) is 47.0 Å². The molecule has 0 spiro atoms. The van der Waals surface area contributed by atoms with Crippen LogP contribution in [-0.2, 0) is 24.4 Å². The first-order valence-corrected chi connectivity index (χ1v) is 14.5. The second-order valence-electron chi connectivity index (χ2n) is 10.9. The van der Waals surface area contributed by atoms with Gasteiger partial charge in [0.05, 0.1) is 26.7 Å². The molecule has 1 unspecified atom stereocenters. The van der Waals surface area contributed by atoms with Gasteiger partial charge in [-0.2, -0.15) is 4.98 Å². The Morgan fingerprint density at radius 1 is 0.900 bits per heavy atom. The van der Waals surface area contributed by atoms with Crippen LogP contribution in [0.5, 0.6) is 11.5 Å². The van der Waals surface area contributed by atoms with Crippen molar-refractivity contribution < 1.29 is 18.8 Å². The second kappa shape index (κ2) is 13.8. The number of carbonyl (C=O) groups is 1. The number of hydrogen-bond donors (Lipinski definition) is 1. The Balaban J connectivity index is 1.10. The van der Waals surface area contributed by atoms with Crippen molar-refractivity contribution in [3.8, 4) is 22.9 Å². The van der Waals surface area contributed by atoms with Crippen molar-refractivity contribution in [3.63, 3.8) is 0 Å². The van der Waals surface area contributed by atoms with Gasteiger partial charge in [-0.15, -0.1) is 0 Å². The van der Waals surface area contributed by atoms with E-state index in [1.165, 1.54) is 44.3 Å². The molecule has 9 heteroatoms. The van der Waals surface area contributed by atoms with Crippen molar-refractivity contribution in [1.29, 1.82) is 0 Å². The van der Waals surface area contributed by atoms with Crippen molar-refractivity contribution in [2.75, 3.05) is 40.4 Å². The van der Waals surface area contributed by atoms with Crippen molar-refractivity contribution in [2.24, 2.45) is 5.92 Å². The molecule has 1 aromatic heterocycles. The lowest BCUT2D eigenvalue weighted by Gasteiger charge is -2.30. The Hall–Kier alpha value is -3.43. The van der Waals surface area contributed by atoms with Crippen LogP contribution in [0.4, 0.5) is 0 Å². The average Bonchev–Trinajstić information content (AvgIpc) is 3.30. The zero-order valence-corrected chi connectivity index (χ0v) is 23.7. The van der Waals surface area contributed by atoms with Crippen LogP contribution in [0.3, 0.4) is 0 Å². The van der Waals surface area contributed by atoms with E-state index in [-0.39, 0.29) is 11.8 Å². The summed E-state index contributed by atoms with van der Waals surface area (Å²) in [4.78, 5) is 22.4. The van der Waals surface area contributed by atoms with Gasteiger partial charge in [-0.1, -0.05) is 42.3 Å². The van der Waals surface area contributed by atoms with Gasteiger partial charge in [-0.25, -0.2) is 0 Å². The molecule has 2 aromatic carbocycles. The molecule has 1 amide bonds. The number of methoxy groups -OCH3 is 2. The Kier molecular flexibility index (Phi) is 9.67. The van der Waals surface area contributed by atoms with Crippen LogP contribution < -0.4 is 14.8 Å². The third-order valence-corrected chi connectivity index (χ3v) is 7.94. The van der Waals surface area contributed by atoms with Crippen LogP contribution in [0.25, 0.3) is 11.4 Å². The predicted molar refractivity (Wildman–Crippen MR) is 153 cm³/mol. The normalized spacial score (nSPS) is 18.7. The Morgan fingerprint density at radius 2 is 1.62 bits per heavy atom. The lowest BCUT2D eigenvalue weighted by atomic mass is 9.97. The lowest BCUT2D eigenvalue weighted by Crippen LogP contribution is -2.42. The highest BCUT2D eigenvalue weighted by Crippen LogP contribution is 2.31. The molecule has 2 saturated heterocycles.